The minimum Gasteiger partial charge on any atom is -0.466 e. The number of rotatable bonds is 7. The van der Waals surface area contributed by atoms with Gasteiger partial charge in [0.25, 0.3) is 11.6 Å². The first-order valence-electron chi connectivity index (χ1n) is 10.0. The van der Waals surface area contributed by atoms with Crippen molar-refractivity contribution in [3.63, 3.8) is 0 Å². The van der Waals surface area contributed by atoms with E-state index in [9.17, 15) is 4.79 Å². The van der Waals surface area contributed by atoms with Gasteiger partial charge in [-0.1, -0.05) is 31.8 Å². The van der Waals surface area contributed by atoms with Crippen molar-refractivity contribution >= 4 is 17.0 Å². The second kappa shape index (κ2) is 8.17. The molecule has 3 rings (SSSR count). The van der Waals surface area contributed by atoms with Gasteiger partial charge < -0.3 is 13.8 Å². The smallest absolute Gasteiger partial charge is 0.259 e. The molecule has 0 unspecified atom stereocenters. The number of carbonyl (C=O) groups excluding carboxylic acids is 1. The molecule has 3 heterocycles. The van der Waals surface area contributed by atoms with Gasteiger partial charge in [0.2, 0.25) is 0 Å². The molecular weight excluding hydrogens is 354 g/mol. The van der Waals surface area contributed by atoms with Crippen LogP contribution in [0.3, 0.4) is 0 Å². The summed E-state index contributed by atoms with van der Waals surface area (Å²) in [5.41, 5.74) is 3.18. The summed E-state index contributed by atoms with van der Waals surface area (Å²) in [5, 5.41) is 4.74. The number of amides is 1. The van der Waals surface area contributed by atoms with Crippen LogP contribution in [0, 0.1) is 26.7 Å². The van der Waals surface area contributed by atoms with Crippen LogP contribution < -0.4 is 0 Å². The lowest BCUT2D eigenvalue weighted by Gasteiger charge is -2.26. The number of nitrogens with zero attached hydrogens (tertiary/aromatic N) is 3. The summed E-state index contributed by atoms with van der Waals surface area (Å²) in [5.74, 6) is 2.05. The molecule has 3 aromatic rings. The monoisotopic (exact) mass is 383 g/mol. The van der Waals surface area contributed by atoms with Crippen LogP contribution in [0.25, 0.3) is 22.4 Å². The third-order valence-electron chi connectivity index (χ3n) is 5.47. The molecule has 0 aliphatic carbocycles. The SMILES string of the molecule is CCC(CC)CN(CC)C(=O)c1cc(-c2cc(C)oc2C)nc2onc(C)c12. The van der Waals surface area contributed by atoms with E-state index in [4.69, 9.17) is 8.94 Å². The lowest BCUT2D eigenvalue weighted by Crippen LogP contribution is -2.35. The second-order valence-electron chi connectivity index (χ2n) is 7.36. The molecule has 3 aromatic heterocycles. The third kappa shape index (κ3) is 3.68. The standard InChI is InChI=1S/C22H29N3O3/c1-7-16(8-2)12-25(9-3)22(26)18-11-19(17-10-13(4)27-15(17)6)23-21-20(18)14(5)24-28-21/h10-11,16H,7-9,12H2,1-6H3. The number of pyridine rings is 1. The fraction of sp³-hybridized carbons (Fsp3) is 0.500. The normalized spacial score (nSPS) is 11.5. The van der Waals surface area contributed by atoms with Crippen LogP contribution in [0.2, 0.25) is 0 Å². The predicted molar refractivity (Wildman–Crippen MR) is 109 cm³/mol. The Balaban J connectivity index is 2.11. The molecule has 6 heteroatoms. The van der Waals surface area contributed by atoms with Gasteiger partial charge in [0.1, 0.15) is 11.5 Å². The Kier molecular flexibility index (Phi) is 5.87. The fourth-order valence-electron chi connectivity index (χ4n) is 3.67. The van der Waals surface area contributed by atoms with Crippen LogP contribution >= 0.6 is 0 Å². The maximum absolute atomic E-state index is 13.5. The number of hydrogen-bond donors (Lipinski definition) is 0. The Bertz CT molecular complexity index is 982. The van der Waals surface area contributed by atoms with E-state index in [2.05, 4.69) is 24.0 Å². The molecule has 1 amide bonds. The zero-order chi connectivity index (χ0) is 20.4. The van der Waals surface area contributed by atoms with Crippen molar-refractivity contribution in [1.29, 1.82) is 0 Å². The number of fused-ring (bicyclic) bond motifs is 1. The predicted octanol–water partition coefficient (Wildman–Crippen LogP) is 5.31. The summed E-state index contributed by atoms with van der Waals surface area (Å²) in [6, 6.07) is 3.78. The van der Waals surface area contributed by atoms with Crippen molar-refractivity contribution in [2.75, 3.05) is 13.1 Å². The molecule has 0 aromatic carbocycles. The zero-order valence-corrected chi connectivity index (χ0v) is 17.6. The molecule has 150 valence electrons. The highest BCUT2D eigenvalue weighted by atomic mass is 16.5. The Labute approximate surface area is 165 Å². The van der Waals surface area contributed by atoms with Gasteiger partial charge in [-0.15, -0.1) is 0 Å². The highest BCUT2D eigenvalue weighted by molar-refractivity contribution is 6.07. The van der Waals surface area contributed by atoms with Gasteiger partial charge in [0.05, 0.1) is 22.3 Å². The van der Waals surface area contributed by atoms with Crippen molar-refractivity contribution in [1.82, 2.24) is 15.0 Å². The zero-order valence-electron chi connectivity index (χ0n) is 17.6. The number of carbonyl (C=O) groups is 1. The Morgan fingerprint density at radius 3 is 2.43 bits per heavy atom. The first-order chi connectivity index (χ1) is 13.4. The molecule has 0 atom stereocenters. The number of furan rings is 1. The van der Waals surface area contributed by atoms with Crippen LogP contribution in [0.5, 0.6) is 0 Å². The van der Waals surface area contributed by atoms with Crippen molar-refractivity contribution < 1.29 is 13.7 Å². The molecule has 6 nitrogen and oxygen atoms in total. The van der Waals surface area contributed by atoms with Crippen molar-refractivity contribution in [2.24, 2.45) is 5.92 Å². The van der Waals surface area contributed by atoms with Crippen LogP contribution in [0.1, 0.15) is 61.2 Å². The molecular formula is C22H29N3O3. The number of hydrogen-bond acceptors (Lipinski definition) is 5. The van der Waals surface area contributed by atoms with E-state index in [1.165, 1.54) is 0 Å². The largest absolute Gasteiger partial charge is 0.466 e. The molecule has 0 aliphatic heterocycles. The molecule has 0 spiro atoms. The number of aromatic nitrogens is 2. The van der Waals surface area contributed by atoms with Crippen LogP contribution in [-0.4, -0.2) is 34.0 Å². The Morgan fingerprint density at radius 2 is 1.86 bits per heavy atom. The Morgan fingerprint density at radius 1 is 1.14 bits per heavy atom. The van der Waals surface area contributed by atoms with Gasteiger partial charge in [-0.05, 0) is 45.7 Å². The van der Waals surface area contributed by atoms with E-state index in [1.807, 2.05) is 44.7 Å². The average Bonchev–Trinajstić information content (AvgIpc) is 3.23. The average molecular weight is 383 g/mol. The summed E-state index contributed by atoms with van der Waals surface area (Å²) in [4.78, 5) is 20.0. The molecule has 0 saturated heterocycles. The van der Waals surface area contributed by atoms with E-state index in [-0.39, 0.29) is 5.91 Å². The van der Waals surface area contributed by atoms with Crippen molar-refractivity contribution in [3.05, 3.63) is 34.9 Å². The first-order valence-corrected chi connectivity index (χ1v) is 10.0. The van der Waals surface area contributed by atoms with Gasteiger partial charge >= 0.3 is 0 Å². The van der Waals surface area contributed by atoms with E-state index in [0.717, 1.165) is 36.5 Å². The Hall–Kier alpha value is -2.63. The summed E-state index contributed by atoms with van der Waals surface area (Å²) in [6.45, 7) is 13.4. The van der Waals surface area contributed by atoms with Crippen LogP contribution in [0.15, 0.2) is 21.1 Å². The van der Waals surface area contributed by atoms with Gasteiger partial charge in [0.15, 0.2) is 0 Å². The lowest BCUT2D eigenvalue weighted by molar-refractivity contribution is 0.0737. The summed E-state index contributed by atoms with van der Waals surface area (Å²) in [6.07, 6.45) is 2.11. The van der Waals surface area contributed by atoms with E-state index in [0.29, 0.717) is 40.5 Å². The maximum atomic E-state index is 13.5. The van der Waals surface area contributed by atoms with E-state index < -0.39 is 0 Å². The molecule has 28 heavy (non-hydrogen) atoms. The maximum Gasteiger partial charge on any atom is 0.259 e. The molecule has 0 bridgehead atoms. The van der Waals surface area contributed by atoms with Crippen molar-refractivity contribution in [3.8, 4) is 11.3 Å². The summed E-state index contributed by atoms with van der Waals surface area (Å²) >= 11 is 0. The highest BCUT2D eigenvalue weighted by Crippen LogP contribution is 2.31. The molecule has 0 aliphatic rings. The van der Waals surface area contributed by atoms with Crippen LogP contribution in [0.4, 0.5) is 0 Å². The third-order valence-corrected chi connectivity index (χ3v) is 5.47. The van der Waals surface area contributed by atoms with Gasteiger partial charge in [-0.3, -0.25) is 4.79 Å². The molecule has 0 fully saturated rings. The van der Waals surface area contributed by atoms with Gasteiger partial charge in [-0.25, -0.2) is 4.98 Å². The van der Waals surface area contributed by atoms with E-state index in [1.54, 1.807) is 0 Å². The summed E-state index contributed by atoms with van der Waals surface area (Å²) in [7, 11) is 0. The summed E-state index contributed by atoms with van der Waals surface area (Å²) < 4.78 is 11.1. The van der Waals surface area contributed by atoms with E-state index >= 15 is 0 Å². The van der Waals surface area contributed by atoms with Crippen LogP contribution in [-0.2, 0) is 0 Å². The number of aryl methyl sites for hydroxylation is 3. The lowest BCUT2D eigenvalue weighted by atomic mass is 10.0. The second-order valence-corrected chi connectivity index (χ2v) is 7.36. The molecule has 0 N–H and O–H groups in total. The minimum atomic E-state index is -0.00720. The van der Waals surface area contributed by atoms with Gasteiger partial charge in [0, 0.05) is 18.7 Å². The minimum absolute atomic E-state index is 0.00720. The first kappa shape index (κ1) is 20.1. The topological polar surface area (TPSA) is 72.4 Å². The molecule has 0 saturated carbocycles. The van der Waals surface area contributed by atoms with Crippen molar-refractivity contribution in [2.45, 2.75) is 54.4 Å². The fourth-order valence-corrected chi connectivity index (χ4v) is 3.67. The quantitative estimate of drug-likeness (QED) is 0.553. The highest BCUT2D eigenvalue weighted by Gasteiger charge is 2.25. The molecule has 0 radical (unpaired) electrons. The van der Waals surface area contributed by atoms with Gasteiger partial charge in [-0.2, -0.15) is 0 Å².